The number of carbonyl (C=O) groups excluding carboxylic acids is 4. The molecule has 0 saturated heterocycles. The molecule has 2 unspecified atom stereocenters. The Bertz CT molecular complexity index is 1600. The van der Waals surface area contributed by atoms with E-state index < -0.39 is 97.5 Å². The molecule has 0 aliphatic carbocycles. The Morgan fingerprint density at radius 1 is 0.329 bits per heavy atom. The van der Waals surface area contributed by atoms with Crippen molar-refractivity contribution in [2.45, 2.75) is 335 Å². The first-order chi connectivity index (χ1) is 39.5. The van der Waals surface area contributed by atoms with Crippen molar-refractivity contribution in [2.24, 2.45) is 5.92 Å². The second-order valence-corrected chi connectivity index (χ2v) is 26.2. The first kappa shape index (κ1) is 80.1. The molecular formula is C63H122O17P2. The maximum atomic E-state index is 13.0. The van der Waals surface area contributed by atoms with Crippen molar-refractivity contribution in [3.63, 3.8) is 0 Å². The van der Waals surface area contributed by atoms with Crippen LogP contribution in [-0.2, 0) is 65.4 Å². The Balaban J connectivity index is 5.16. The smallest absolute Gasteiger partial charge is 0.462 e. The molecule has 17 nitrogen and oxygen atoms in total. The third kappa shape index (κ3) is 57.2. The predicted octanol–water partition coefficient (Wildman–Crippen LogP) is 17.4. The van der Waals surface area contributed by atoms with Gasteiger partial charge in [-0.25, -0.2) is 9.13 Å². The van der Waals surface area contributed by atoms with E-state index in [4.69, 9.17) is 37.0 Å². The van der Waals surface area contributed by atoms with E-state index >= 15 is 0 Å². The highest BCUT2D eigenvalue weighted by Gasteiger charge is 2.30. The minimum Gasteiger partial charge on any atom is -0.462 e. The van der Waals surface area contributed by atoms with E-state index in [-0.39, 0.29) is 25.7 Å². The summed E-state index contributed by atoms with van der Waals surface area (Å²) in [6.45, 7) is 7.14. The van der Waals surface area contributed by atoms with Crippen molar-refractivity contribution in [1.29, 1.82) is 0 Å². The summed E-state index contributed by atoms with van der Waals surface area (Å²) in [6, 6.07) is 0. The molecule has 0 aliphatic heterocycles. The number of unbranched alkanes of at least 4 members (excludes halogenated alkanes) is 35. The van der Waals surface area contributed by atoms with Crippen LogP contribution in [0.4, 0.5) is 0 Å². The molecule has 0 aromatic carbocycles. The van der Waals surface area contributed by atoms with Crippen LogP contribution in [0.15, 0.2) is 0 Å². The fraction of sp³-hybridized carbons (Fsp3) is 0.937. The maximum Gasteiger partial charge on any atom is 0.472 e. The van der Waals surface area contributed by atoms with Crippen LogP contribution in [0.2, 0.25) is 0 Å². The largest absolute Gasteiger partial charge is 0.472 e. The molecule has 0 aromatic heterocycles. The van der Waals surface area contributed by atoms with Crippen LogP contribution in [0.3, 0.4) is 0 Å². The molecule has 19 heteroatoms. The van der Waals surface area contributed by atoms with E-state index in [1.54, 1.807) is 0 Å². The number of hydrogen-bond acceptors (Lipinski definition) is 15. The molecule has 0 radical (unpaired) electrons. The summed E-state index contributed by atoms with van der Waals surface area (Å²) < 4.78 is 67.8. The molecule has 486 valence electrons. The lowest BCUT2D eigenvalue weighted by atomic mass is 10.0. The van der Waals surface area contributed by atoms with Crippen LogP contribution in [0.25, 0.3) is 0 Å². The van der Waals surface area contributed by atoms with Crippen molar-refractivity contribution >= 4 is 39.5 Å². The van der Waals surface area contributed by atoms with Crippen molar-refractivity contribution in [2.75, 3.05) is 39.6 Å². The lowest BCUT2D eigenvalue weighted by Gasteiger charge is -2.21. The van der Waals surface area contributed by atoms with Gasteiger partial charge >= 0.3 is 39.5 Å². The number of aliphatic hydroxyl groups is 1. The predicted molar refractivity (Wildman–Crippen MR) is 326 cm³/mol. The van der Waals surface area contributed by atoms with Gasteiger partial charge in [-0.15, -0.1) is 0 Å². The van der Waals surface area contributed by atoms with E-state index in [9.17, 15) is 43.2 Å². The molecule has 0 aliphatic rings. The lowest BCUT2D eigenvalue weighted by molar-refractivity contribution is -0.161. The van der Waals surface area contributed by atoms with Gasteiger partial charge in [-0.05, 0) is 31.6 Å². The highest BCUT2D eigenvalue weighted by Crippen LogP contribution is 2.45. The average molecular weight is 1210 g/mol. The fourth-order valence-electron chi connectivity index (χ4n) is 9.41. The van der Waals surface area contributed by atoms with Crippen LogP contribution < -0.4 is 0 Å². The Hall–Kier alpha value is -1.94. The minimum absolute atomic E-state index is 0.105. The van der Waals surface area contributed by atoms with Gasteiger partial charge in [0.15, 0.2) is 12.2 Å². The van der Waals surface area contributed by atoms with Gasteiger partial charge < -0.3 is 33.8 Å². The maximum absolute atomic E-state index is 13.0. The van der Waals surface area contributed by atoms with E-state index in [0.717, 1.165) is 115 Å². The molecule has 0 aromatic rings. The van der Waals surface area contributed by atoms with Crippen molar-refractivity contribution in [3.05, 3.63) is 0 Å². The molecule has 0 bridgehead atoms. The monoisotopic (exact) mass is 1210 g/mol. The zero-order valence-corrected chi connectivity index (χ0v) is 54.4. The van der Waals surface area contributed by atoms with E-state index in [0.29, 0.717) is 25.7 Å². The molecule has 0 spiro atoms. The average Bonchev–Trinajstić information content (AvgIpc) is 3.45. The normalized spacial score (nSPS) is 14.3. The van der Waals surface area contributed by atoms with Gasteiger partial charge in [0.2, 0.25) is 0 Å². The van der Waals surface area contributed by atoms with Gasteiger partial charge in [-0.2, -0.15) is 0 Å². The Kier molecular flexibility index (Phi) is 55.5. The number of phosphoric acid groups is 2. The molecule has 5 atom stereocenters. The molecule has 0 heterocycles. The zero-order valence-electron chi connectivity index (χ0n) is 52.6. The molecule has 0 saturated carbocycles. The van der Waals surface area contributed by atoms with Gasteiger partial charge in [-0.3, -0.25) is 37.3 Å². The second-order valence-electron chi connectivity index (χ2n) is 23.3. The highest BCUT2D eigenvalue weighted by atomic mass is 31.2. The number of rotatable bonds is 63. The van der Waals surface area contributed by atoms with Gasteiger partial charge in [0.1, 0.15) is 19.3 Å². The van der Waals surface area contributed by atoms with Gasteiger partial charge in [0.05, 0.1) is 26.4 Å². The number of ether oxygens (including phenoxy) is 4. The zero-order chi connectivity index (χ0) is 60.6. The Labute approximate surface area is 498 Å². The van der Waals surface area contributed by atoms with Crippen molar-refractivity contribution in [1.82, 2.24) is 0 Å². The van der Waals surface area contributed by atoms with E-state index in [1.165, 1.54) is 122 Å². The van der Waals surface area contributed by atoms with Crippen LogP contribution in [-0.4, -0.2) is 96.7 Å². The number of esters is 4. The van der Waals surface area contributed by atoms with Crippen LogP contribution >= 0.6 is 15.6 Å². The topological polar surface area (TPSA) is 237 Å². The quantitative estimate of drug-likeness (QED) is 0.0222. The van der Waals surface area contributed by atoms with Crippen LogP contribution in [0.5, 0.6) is 0 Å². The molecule has 0 amide bonds. The van der Waals surface area contributed by atoms with Gasteiger partial charge in [0, 0.05) is 25.7 Å². The van der Waals surface area contributed by atoms with Crippen LogP contribution in [0.1, 0.15) is 317 Å². The SMILES string of the molecule is CCCCCCCCCCCCC(=O)OC[C@H](COP(=O)(O)OC[C@@H](O)COP(=O)(O)OC[C@@H](COC(=O)CCCCCCCCC)OC(=O)CCCCCCCCCC)OC(=O)CCCCCCCCCCCCCCCCC(C)C. The van der Waals surface area contributed by atoms with E-state index in [2.05, 4.69) is 34.6 Å². The third-order valence-electron chi connectivity index (χ3n) is 14.5. The minimum atomic E-state index is -4.94. The summed E-state index contributed by atoms with van der Waals surface area (Å²) >= 11 is 0. The molecule has 3 N–H and O–H groups in total. The fourth-order valence-corrected chi connectivity index (χ4v) is 11.0. The molecule has 0 fully saturated rings. The first-order valence-electron chi connectivity index (χ1n) is 33.1. The number of aliphatic hydroxyl groups excluding tert-OH is 1. The number of phosphoric ester groups is 2. The second kappa shape index (κ2) is 56.8. The number of carbonyl (C=O) groups is 4. The summed E-state index contributed by atoms with van der Waals surface area (Å²) in [5.41, 5.74) is 0. The van der Waals surface area contributed by atoms with Gasteiger partial charge in [-0.1, -0.05) is 266 Å². The molecule has 82 heavy (non-hydrogen) atoms. The molecule has 0 rings (SSSR count). The lowest BCUT2D eigenvalue weighted by Crippen LogP contribution is -2.30. The summed E-state index contributed by atoms with van der Waals surface area (Å²) in [7, 11) is -9.87. The Morgan fingerprint density at radius 2 is 0.561 bits per heavy atom. The van der Waals surface area contributed by atoms with Crippen molar-refractivity contribution < 1.29 is 80.2 Å². The standard InChI is InChI=1S/C63H122O17P2/c1-6-9-12-15-18-20-28-33-37-42-47-61(66)74-53-59(80-63(68)49-44-39-34-29-26-24-22-21-23-25-27-31-35-40-45-56(4)5)55-78-82(71,72)76-51-57(64)50-75-81(69,70)77-54-58(52-73-60(65)46-41-36-30-17-14-11-8-3)79-62(67)48-43-38-32-19-16-13-10-7-2/h56-59,64H,6-55H2,1-5H3,(H,69,70)(H,71,72)/t57-,58+,59+/m0/s1. The molecular weight excluding hydrogens is 1090 g/mol. The Morgan fingerprint density at radius 3 is 0.829 bits per heavy atom. The van der Waals surface area contributed by atoms with E-state index in [1.807, 2.05) is 0 Å². The summed E-state index contributed by atoms with van der Waals surface area (Å²) in [5, 5.41) is 10.5. The number of hydrogen-bond donors (Lipinski definition) is 3. The summed E-state index contributed by atoms with van der Waals surface area (Å²) in [6.07, 6.45) is 40.5. The summed E-state index contributed by atoms with van der Waals surface area (Å²) in [4.78, 5) is 71.9. The van der Waals surface area contributed by atoms with Crippen molar-refractivity contribution in [3.8, 4) is 0 Å². The summed E-state index contributed by atoms with van der Waals surface area (Å²) in [5.74, 6) is -1.35. The first-order valence-corrected chi connectivity index (χ1v) is 36.1. The van der Waals surface area contributed by atoms with Crippen LogP contribution in [0, 0.1) is 5.92 Å². The highest BCUT2D eigenvalue weighted by molar-refractivity contribution is 7.47. The van der Waals surface area contributed by atoms with Gasteiger partial charge in [0.25, 0.3) is 0 Å². The third-order valence-corrected chi connectivity index (χ3v) is 16.4.